The lowest BCUT2D eigenvalue weighted by molar-refractivity contribution is -0.121. The lowest BCUT2D eigenvalue weighted by Crippen LogP contribution is -2.25. The molecular formula is C16H18BrFN2OS. The number of aryl methyl sites for hydroxylation is 3. The SMILES string of the molecule is Cc1nc(C)c(CCNC(=O)CCc2ccc(Br)cc2F)s1. The number of halogens is 2. The van der Waals surface area contributed by atoms with Crippen molar-refractivity contribution >= 4 is 33.2 Å². The zero-order valence-corrected chi connectivity index (χ0v) is 15.0. The van der Waals surface area contributed by atoms with Gasteiger partial charge in [-0.1, -0.05) is 22.0 Å². The largest absolute Gasteiger partial charge is 0.356 e. The molecule has 0 aliphatic rings. The van der Waals surface area contributed by atoms with Crippen LogP contribution in [0.2, 0.25) is 0 Å². The maximum absolute atomic E-state index is 13.7. The number of thiazole rings is 1. The number of aromatic nitrogens is 1. The van der Waals surface area contributed by atoms with E-state index in [2.05, 4.69) is 26.2 Å². The Labute approximate surface area is 142 Å². The average Bonchev–Trinajstić information content (AvgIpc) is 2.76. The first kappa shape index (κ1) is 17.1. The maximum atomic E-state index is 13.7. The topological polar surface area (TPSA) is 42.0 Å². The number of carbonyl (C=O) groups is 1. The van der Waals surface area contributed by atoms with Gasteiger partial charge in [-0.2, -0.15) is 0 Å². The number of amides is 1. The van der Waals surface area contributed by atoms with E-state index in [9.17, 15) is 9.18 Å². The summed E-state index contributed by atoms with van der Waals surface area (Å²) >= 11 is 4.88. The smallest absolute Gasteiger partial charge is 0.220 e. The van der Waals surface area contributed by atoms with Gasteiger partial charge < -0.3 is 5.32 Å². The van der Waals surface area contributed by atoms with Crippen LogP contribution in [0.5, 0.6) is 0 Å². The molecule has 1 aromatic carbocycles. The fourth-order valence-corrected chi connectivity index (χ4v) is 3.45. The van der Waals surface area contributed by atoms with Crippen molar-refractivity contribution in [3.05, 3.63) is 49.6 Å². The third-order valence-corrected chi connectivity index (χ3v) is 4.94. The number of hydrogen-bond donors (Lipinski definition) is 1. The summed E-state index contributed by atoms with van der Waals surface area (Å²) in [6.45, 7) is 4.55. The van der Waals surface area contributed by atoms with Gasteiger partial charge in [-0.25, -0.2) is 9.37 Å². The molecule has 0 atom stereocenters. The van der Waals surface area contributed by atoms with E-state index in [0.29, 0.717) is 29.4 Å². The zero-order valence-electron chi connectivity index (χ0n) is 12.6. The van der Waals surface area contributed by atoms with Gasteiger partial charge in [-0.3, -0.25) is 4.79 Å². The van der Waals surface area contributed by atoms with Crippen molar-refractivity contribution in [3.8, 4) is 0 Å². The first-order valence-corrected chi connectivity index (χ1v) is 8.70. The molecule has 0 saturated carbocycles. The van der Waals surface area contributed by atoms with Gasteiger partial charge in [0.05, 0.1) is 10.7 Å². The van der Waals surface area contributed by atoms with Crippen LogP contribution in [0.4, 0.5) is 4.39 Å². The van der Waals surface area contributed by atoms with Gasteiger partial charge in [0.15, 0.2) is 0 Å². The van der Waals surface area contributed by atoms with Crippen LogP contribution in [0.1, 0.15) is 27.6 Å². The Morgan fingerprint density at radius 3 is 2.77 bits per heavy atom. The van der Waals surface area contributed by atoms with Gasteiger partial charge in [0.2, 0.25) is 5.91 Å². The van der Waals surface area contributed by atoms with Crippen LogP contribution in [-0.4, -0.2) is 17.4 Å². The number of rotatable bonds is 6. The summed E-state index contributed by atoms with van der Waals surface area (Å²) in [5.41, 5.74) is 1.60. The molecule has 0 radical (unpaired) electrons. The van der Waals surface area contributed by atoms with Crippen LogP contribution in [-0.2, 0) is 17.6 Å². The second kappa shape index (κ2) is 7.83. The molecule has 6 heteroatoms. The van der Waals surface area contributed by atoms with E-state index in [1.54, 1.807) is 23.5 Å². The summed E-state index contributed by atoms with van der Waals surface area (Å²) in [6.07, 6.45) is 1.48. The maximum Gasteiger partial charge on any atom is 0.220 e. The van der Waals surface area contributed by atoms with Gasteiger partial charge in [0.25, 0.3) is 0 Å². The quantitative estimate of drug-likeness (QED) is 0.818. The molecule has 0 saturated heterocycles. The molecule has 1 amide bonds. The molecule has 2 rings (SSSR count). The number of nitrogens with zero attached hydrogens (tertiary/aromatic N) is 1. The molecule has 0 aliphatic carbocycles. The Balaban J connectivity index is 1.75. The van der Waals surface area contributed by atoms with Gasteiger partial charge >= 0.3 is 0 Å². The monoisotopic (exact) mass is 384 g/mol. The first-order valence-electron chi connectivity index (χ1n) is 7.09. The van der Waals surface area contributed by atoms with Crippen LogP contribution < -0.4 is 5.32 Å². The van der Waals surface area contributed by atoms with Gasteiger partial charge in [0.1, 0.15) is 5.82 Å². The first-order chi connectivity index (χ1) is 10.5. The predicted octanol–water partition coefficient (Wildman–Crippen LogP) is 3.95. The molecule has 22 heavy (non-hydrogen) atoms. The van der Waals surface area contributed by atoms with Crippen molar-refractivity contribution in [1.29, 1.82) is 0 Å². The fraction of sp³-hybridized carbons (Fsp3) is 0.375. The summed E-state index contributed by atoms with van der Waals surface area (Å²) < 4.78 is 14.4. The van der Waals surface area contributed by atoms with Gasteiger partial charge in [-0.05, 0) is 38.0 Å². The third-order valence-electron chi connectivity index (χ3n) is 3.31. The molecule has 118 valence electrons. The molecule has 1 heterocycles. The van der Waals surface area contributed by atoms with Crippen LogP contribution in [0.25, 0.3) is 0 Å². The van der Waals surface area contributed by atoms with Crippen molar-refractivity contribution in [1.82, 2.24) is 10.3 Å². The van der Waals surface area contributed by atoms with Crippen molar-refractivity contribution in [3.63, 3.8) is 0 Å². The van der Waals surface area contributed by atoms with Crippen molar-refractivity contribution in [2.45, 2.75) is 33.1 Å². The Hall–Kier alpha value is -1.27. The zero-order chi connectivity index (χ0) is 16.1. The van der Waals surface area contributed by atoms with Crippen molar-refractivity contribution in [2.24, 2.45) is 0 Å². The van der Waals surface area contributed by atoms with E-state index in [-0.39, 0.29) is 11.7 Å². The number of carbonyl (C=O) groups excluding carboxylic acids is 1. The second-order valence-corrected chi connectivity index (χ2v) is 7.28. The summed E-state index contributed by atoms with van der Waals surface area (Å²) in [7, 11) is 0. The molecule has 2 aromatic rings. The molecule has 0 fully saturated rings. The van der Waals surface area contributed by atoms with Gasteiger partial charge in [0, 0.05) is 28.7 Å². The standard InChI is InChI=1S/C16H18BrFN2OS/c1-10-15(22-11(2)20-10)7-8-19-16(21)6-4-12-3-5-13(17)9-14(12)18/h3,5,9H,4,6-8H2,1-2H3,(H,19,21). The molecule has 1 N–H and O–H groups in total. The second-order valence-electron chi connectivity index (χ2n) is 5.08. The van der Waals surface area contributed by atoms with Crippen molar-refractivity contribution in [2.75, 3.05) is 6.54 Å². The molecule has 3 nitrogen and oxygen atoms in total. The van der Waals surface area contributed by atoms with E-state index >= 15 is 0 Å². The minimum Gasteiger partial charge on any atom is -0.356 e. The molecule has 1 aromatic heterocycles. The molecular weight excluding hydrogens is 367 g/mol. The summed E-state index contributed by atoms with van der Waals surface area (Å²) in [4.78, 5) is 17.4. The normalized spacial score (nSPS) is 10.7. The van der Waals surface area contributed by atoms with E-state index in [1.807, 2.05) is 13.8 Å². The Morgan fingerprint density at radius 1 is 1.36 bits per heavy atom. The molecule has 0 spiro atoms. The number of nitrogens with one attached hydrogen (secondary N) is 1. The average molecular weight is 385 g/mol. The molecule has 0 unspecified atom stereocenters. The third kappa shape index (κ3) is 4.88. The lowest BCUT2D eigenvalue weighted by atomic mass is 10.1. The van der Waals surface area contributed by atoms with Crippen LogP contribution in [0, 0.1) is 19.7 Å². The lowest BCUT2D eigenvalue weighted by Gasteiger charge is -2.06. The van der Waals surface area contributed by atoms with Crippen LogP contribution in [0.15, 0.2) is 22.7 Å². The predicted molar refractivity (Wildman–Crippen MR) is 90.7 cm³/mol. The van der Waals surface area contributed by atoms with Crippen LogP contribution in [0.3, 0.4) is 0 Å². The van der Waals surface area contributed by atoms with Gasteiger partial charge in [-0.15, -0.1) is 11.3 Å². The fourth-order valence-electron chi connectivity index (χ4n) is 2.18. The highest BCUT2D eigenvalue weighted by atomic mass is 79.9. The van der Waals surface area contributed by atoms with E-state index in [0.717, 1.165) is 17.1 Å². The summed E-state index contributed by atoms with van der Waals surface area (Å²) in [5, 5.41) is 3.92. The summed E-state index contributed by atoms with van der Waals surface area (Å²) in [5.74, 6) is -0.334. The highest BCUT2D eigenvalue weighted by molar-refractivity contribution is 9.10. The highest BCUT2D eigenvalue weighted by Crippen LogP contribution is 2.18. The van der Waals surface area contributed by atoms with E-state index in [1.165, 1.54) is 10.9 Å². The summed E-state index contributed by atoms with van der Waals surface area (Å²) in [6, 6.07) is 4.91. The van der Waals surface area contributed by atoms with E-state index in [4.69, 9.17) is 0 Å². The number of hydrogen-bond acceptors (Lipinski definition) is 3. The van der Waals surface area contributed by atoms with Crippen LogP contribution >= 0.6 is 27.3 Å². The minimum absolute atomic E-state index is 0.0544. The Bertz CT molecular complexity index is 672. The number of benzene rings is 1. The Kier molecular flexibility index (Phi) is 6.08. The van der Waals surface area contributed by atoms with Crippen molar-refractivity contribution < 1.29 is 9.18 Å². The van der Waals surface area contributed by atoms with E-state index < -0.39 is 0 Å². The molecule has 0 aliphatic heterocycles. The highest BCUT2D eigenvalue weighted by Gasteiger charge is 2.08. The molecule has 0 bridgehead atoms. The minimum atomic E-state index is -0.280. The Morgan fingerprint density at radius 2 is 2.14 bits per heavy atom.